The Labute approximate surface area is 161 Å². The maximum Gasteiger partial charge on any atom is 0.416 e. The number of halogens is 3. The molecular formula is C17H15F3N4O3S. The molecular weight excluding hydrogens is 397 g/mol. The Morgan fingerprint density at radius 3 is 2.71 bits per heavy atom. The number of alkyl halides is 3. The summed E-state index contributed by atoms with van der Waals surface area (Å²) >= 11 is 1.23. The van der Waals surface area contributed by atoms with Gasteiger partial charge in [0.05, 0.1) is 16.6 Å². The zero-order valence-corrected chi connectivity index (χ0v) is 15.6. The monoisotopic (exact) mass is 412 g/mol. The standard InChI is InChI=1S/C17H15F3N4O3S/c1-9-6-13(23-26-9)21-16(25)10(2)28-8-14-22-15(24-27-14)11-4-3-5-12(7-11)17(18,19)20/h3-7,10H,8H2,1-2H3,(H,21,23,25). The van der Waals surface area contributed by atoms with Crippen LogP contribution in [0.4, 0.5) is 19.0 Å². The van der Waals surface area contributed by atoms with Gasteiger partial charge in [-0.3, -0.25) is 4.79 Å². The maximum atomic E-state index is 12.8. The molecule has 1 unspecified atom stereocenters. The summed E-state index contributed by atoms with van der Waals surface area (Å²) in [6.07, 6.45) is -4.45. The van der Waals surface area contributed by atoms with Crippen molar-refractivity contribution in [2.45, 2.75) is 31.0 Å². The van der Waals surface area contributed by atoms with Gasteiger partial charge in [-0.05, 0) is 26.0 Å². The first-order chi connectivity index (χ1) is 13.2. The molecule has 1 atom stereocenters. The van der Waals surface area contributed by atoms with Crippen molar-refractivity contribution < 1.29 is 27.0 Å². The highest BCUT2D eigenvalue weighted by Gasteiger charge is 2.30. The molecule has 0 bridgehead atoms. The van der Waals surface area contributed by atoms with E-state index in [4.69, 9.17) is 9.05 Å². The predicted molar refractivity (Wildman–Crippen MR) is 95.4 cm³/mol. The lowest BCUT2D eigenvalue weighted by atomic mass is 10.1. The van der Waals surface area contributed by atoms with E-state index in [-0.39, 0.29) is 28.9 Å². The molecule has 7 nitrogen and oxygen atoms in total. The normalized spacial score (nSPS) is 12.8. The fourth-order valence-electron chi connectivity index (χ4n) is 2.19. The fourth-order valence-corrected chi connectivity index (χ4v) is 2.91. The SMILES string of the molecule is Cc1cc(NC(=O)C(C)SCc2nc(-c3cccc(C(F)(F)F)c3)no2)no1. The lowest BCUT2D eigenvalue weighted by Gasteiger charge is -2.08. The molecule has 2 aromatic heterocycles. The molecule has 0 fully saturated rings. The van der Waals surface area contributed by atoms with Crippen molar-refractivity contribution in [2.24, 2.45) is 0 Å². The number of nitrogens with zero attached hydrogens (tertiary/aromatic N) is 3. The largest absolute Gasteiger partial charge is 0.416 e. The molecule has 0 saturated heterocycles. The van der Waals surface area contributed by atoms with Crippen LogP contribution in [-0.4, -0.2) is 26.5 Å². The number of amides is 1. The number of nitrogens with one attached hydrogen (secondary N) is 1. The number of hydrogen-bond donors (Lipinski definition) is 1. The van der Waals surface area contributed by atoms with Gasteiger partial charge in [0.15, 0.2) is 5.82 Å². The summed E-state index contributed by atoms with van der Waals surface area (Å²) in [7, 11) is 0. The number of carbonyl (C=O) groups is 1. The summed E-state index contributed by atoms with van der Waals surface area (Å²) in [6, 6.07) is 6.26. The van der Waals surface area contributed by atoms with Crippen LogP contribution in [0.2, 0.25) is 0 Å². The van der Waals surface area contributed by atoms with Crippen molar-refractivity contribution in [2.75, 3.05) is 5.32 Å². The van der Waals surface area contributed by atoms with Gasteiger partial charge in [-0.2, -0.15) is 18.2 Å². The van der Waals surface area contributed by atoms with Gasteiger partial charge in [-0.15, -0.1) is 11.8 Å². The van der Waals surface area contributed by atoms with E-state index in [1.54, 1.807) is 19.9 Å². The molecule has 0 radical (unpaired) electrons. The third kappa shape index (κ3) is 4.91. The Morgan fingerprint density at radius 1 is 1.25 bits per heavy atom. The summed E-state index contributed by atoms with van der Waals surface area (Å²) < 4.78 is 48.4. The van der Waals surface area contributed by atoms with E-state index in [0.29, 0.717) is 11.6 Å². The first kappa shape index (κ1) is 19.9. The van der Waals surface area contributed by atoms with Crippen molar-refractivity contribution in [3.63, 3.8) is 0 Å². The molecule has 0 saturated carbocycles. The van der Waals surface area contributed by atoms with Crippen molar-refractivity contribution in [1.29, 1.82) is 0 Å². The molecule has 0 spiro atoms. The molecule has 1 amide bonds. The molecule has 3 rings (SSSR count). The van der Waals surface area contributed by atoms with Crippen LogP contribution in [0.3, 0.4) is 0 Å². The zero-order valence-electron chi connectivity index (χ0n) is 14.8. The third-order valence-electron chi connectivity index (χ3n) is 3.62. The van der Waals surface area contributed by atoms with E-state index in [9.17, 15) is 18.0 Å². The predicted octanol–water partition coefficient (Wildman–Crippen LogP) is 4.31. The number of aryl methyl sites for hydroxylation is 1. The van der Waals surface area contributed by atoms with Gasteiger partial charge in [0, 0.05) is 11.6 Å². The highest BCUT2D eigenvalue weighted by Crippen LogP contribution is 2.31. The van der Waals surface area contributed by atoms with Crippen LogP contribution in [0.25, 0.3) is 11.4 Å². The zero-order chi connectivity index (χ0) is 20.3. The lowest BCUT2D eigenvalue weighted by molar-refractivity contribution is -0.137. The Hall–Kier alpha value is -2.82. The first-order valence-corrected chi connectivity index (χ1v) is 9.13. The van der Waals surface area contributed by atoms with Crippen LogP contribution < -0.4 is 5.32 Å². The summed E-state index contributed by atoms with van der Waals surface area (Å²) in [4.78, 5) is 16.2. The summed E-state index contributed by atoms with van der Waals surface area (Å²) in [5.74, 6) is 1.09. The molecule has 0 aliphatic rings. The lowest BCUT2D eigenvalue weighted by Crippen LogP contribution is -2.22. The van der Waals surface area contributed by atoms with E-state index in [2.05, 4.69) is 20.6 Å². The van der Waals surface area contributed by atoms with Gasteiger partial charge in [-0.1, -0.05) is 22.4 Å². The second kappa shape index (κ2) is 8.05. The average Bonchev–Trinajstić information content (AvgIpc) is 3.28. The number of hydrogen-bond acceptors (Lipinski definition) is 7. The quantitative estimate of drug-likeness (QED) is 0.645. The van der Waals surface area contributed by atoms with E-state index >= 15 is 0 Å². The first-order valence-electron chi connectivity index (χ1n) is 8.08. The molecule has 11 heteroatoms. The Balaban J connectivity index is 1.59. The summed E-state index contributed by atoms with van der Waals surface area (Å²) in [5.41, 5.74) is -0.596. The summed E-state index contributed by atoms with van der Waals surface area (Å²) in [6.45, 7) is 3.40. The summed E-state index contributed by atoms with van der Waals surface area (Å²) in [5, 5.41) is 9.55. The van der Waals surface area contributed by atoms with Crippen molar-refractivity contribution in [3.8, 4) is 11.4 Å². The number of aromatic nitrogens is 3. The molecule has 2 heterocycles. The van der Waals surface area contributed by atoms with E-state index in [0.717, 1.165) is 12.1 Å². The highest BCUT2D eigenvalue weighted by molar-refractivity contribution is 7.99. The van der Waals surface area contributed by atoms with Gasteiger partial charge in [0.25, 0.3) is 0 Å². The molecule has 148 valence electrons. The van der Waals surface area contributed by atoms with Gasteiger partial charge >= 0.3 is 6.18 Å². The molecule has 28 heavy (non-hydrogen) atoms. The van der Waals surface area contributed by atoms with Gasteiger partial charge in [0.1, 0.15) is 5.76 Å². The minimum absolute atomic E-state index is 0.0527. The third-order valence-corrected chi connectivity index (χ3v) is 4.75. The number of anilines is 1. The second-order valence-electron chi connectivity index (χ2n) is 5.86. The van der Waals surface area contributed by atoms with E-state index in [1.807, 2.05) is 0 Å². The van der Waals surface area contributed by atoms with Crippen LogP contribution in [0.5, 0.6) is 0 Å². The smallest absolute Gasteiger partial charge is 0.360 e. The molecule has 0 aliphatic heterocycles. The minimum Gasteiger partial charge on any atom is -0.360 e. The number of rotatable bonds is 6. The topological polar surface area (TPSA) is 94.1 Å². The van der Waals surface area contributed by atoms with Crippen LogP contribution in [0, 0.1) is 6.92 Å². The highest BCUT2D eigenvalue weighted by atomic mass is 32.2. The van der Waals surface area contributed by atoms with Gasteiger partial charge in [-0.25, -0.2) is 0 Å². The van der Waals surface area contributed by atoms with Gasteiger partial charge in [0.2, 0.25) is 17.6 Å². The molecule has 0 aliphatic carbocycles. The fraction of sp³-hybridized carbons (Fsp3) is 0.294. The Kier molecular flexibility index (Phi) is 5.73. The van der Waals surface area contributed by atoms with Crippen LogP contribution in [0.1, 0.15) is 24.1 Å². The van der Waals surface area contributed by atoms with Crippen molar-refractivity contribution in [1.82, 2.24) is 15.3 Å². The van der Waals surface area contributed by atoms with E-state index < -0.39 is 17.0 Å². The van der Waals surface area contributed by atoms with Crippen molar-refractivity contribution in [3.05, 3.63) is 47.5 Å². The number of carbonyl (C=O) groups excluding carboxylic acids is 1. The number of benzene rings is 1. The average molecular weight is 412 g/mol. The maximum absolute atomic E-state index is 12.8. The van der Waals surface area contributed by atoms with E-state index in [1.165, 1.54) is 23.9 Å². The van der Waals surface area contributed by atoms with Crippen LogP contribution in [0.15, 0.2) is 39.4 Å². The minimum atomic E-state index is -4.45. The van der Waals surface area contributed by atoms with Crippen LogP contribution in [-0.2, 0) is 16.7 Å². The Morgan fingerprint density at radius 2 is 2.04 bits per heavy atom. The van der Waals surface area contributed by atoms with Crippen molar-refractivity contribution >= 4 is 23.5 Å². The van der Waals surface area contributed by atoms with Crippen LogP contribution >= 0.6 is 11.8 Å². The molecule has 1 aromatic carbocycles. The molecule has 1 N–H and O–H groups in total. The second-order valence-corrected chi connectivity index (χ2v) is 7.18. The van der Waals surface area contributed by atoms with Gasteiger partial charge < -0.3 is 14.4 Å². The number of thioether (sulfide) groups is 1. The Bertz CT molecular complexity index is 970. The molecule has 3 aromatic rings.